The topological polar surface area (TPSA) is 52.8 Å². The van der Waals surface area contributed by atoms with Crippen LogP contribution in [0.3, 0.4) is 0 Å². The molecule has 0 bridgehead atoms. The van der Waals surface area contributed by atoms with Gasteiger partial charge in [-0.2, -0.15) is 0 Å². The number of carbonyl (C=O) groups excluding carboxylic acids is 1. The number of amides is 2. The van der Waals surface area contributed by atoms with Gasteiger partial charge in [-0.3, -0.25) is 0 Å². The molecule has 2 heterocycles. The summed E-state index contributed by atoms with van der Waals surface area (Å²) in [6, 6.07) is 0.519. The highest BCUT2D eigenvalue weighted by Gasteiger charge is 2.39. The van der Waals surface area contributed by atoms with Crippen LogP contribution in [0.2, 0.25) is 0 Å². The van der Waals surface area contributed by atoms with Crippen molar-refractivity contribution >= 4 is 6.03 Å². The van der Waals surface area contributed by atoms with Gasteiger partial charge in [-0.1, -0.05) is 0 Å². The molecule has 5 heteroatoms. The number of likely N-dealkylation sites (tertiary alicyclic amines) is 1. The van der Waals surface area contributed by atoms with Crippen molar-refractivity contribution < 1.29 is 4.79 Å². The molecule has 2 fully saturated rings. The Kier molecular flexibility index (Phi) is 3.89. The fourth-order valence-electron chi connectivity index (χ4n) is 3.12. The Morgan fingerprint density at radius 2 is 2.12 bits per heavy atom. The Morgan fingerprint density at radius 3 is 2.76 bits per heavy atom. The highest BCUT2D eigenvalue weighted by atomic mass is 16.2. The molecular formula is C12H24N4O. The second kappa shape index (κ2) is 5.23. The molecule has 2 aliphatic heterocycles. The van der Waals surface area contributed by atoms with Crippen LogP contribution in [-0.4, -0.2) is 73.6 Å². The van der Waals surface area contributed by atoms with Crippen LogP contribution in [0.5, 0.6) is 0 Å². The van der Waals surface area contributed by atoms with Crippen LogP contribution >= 0.6 is 0 Å². The molecule has 0 aromatic rings. The molecule has 0 aromatic heterocycles. The van der Waals surface area contributed by atoms with Crippen molar-refractivity contribution in [3.05, 3.63) is 0 Å². The minimum Gasteiger partial charge on any atom is -0.329 e. The minimum atomic E-state index is 0.147. The van der Waals surface area contributed by atoms with Crippen molar-refractivity contribution in [3.63, 3.8) is 0 Å². The summed E-state index contributed by atoms with van der Waals surface area (Å²) >= 11 is 0. The number of hydrogen-bond donors (Lipinski definition) is 1. The monoisotopic (exact) mass is 240 g/mol. The maximum absolute atomic E-state index is 12.0. The van der Waals surface area contributed by atoms with Crippen LogP contribution in [0.25, 0.3) is 0 Å². The van der Waals surface area contributed by atoms with Gasteiger partial charge in [0.1, 0.15) is 0 Å². The molecule has 0 aromatic carbocycles. The van der Waals surface area contributed by atoms with E-state index in [9.17, 15) is 4.79 Å². The fourth-order valence-corrected chi connectivity index (χ4v) is 3.12. The minimum absolute atomic E-state index is 0.147. The number of nitrogens with zero attached hydrogens (tertiary/aromatic N) is 3. The van der Waals surface area contributed by atoms with Gasteiger partial charge in [0.15, 0.2) is 0 Å². The van der Waals surface area contributed by atoms with E-state index in [1.165, 1.54) is 19.4 Å². The second-order valence-electron chi connectivity index (χ2n) is 5.36. The van der Waals surface area contributed by atoms with E-state index >= 15 is 0 Å². The third-order valence-corrected chi connectivity index (χ3v) is 4.08. The van der Waals surface area contributed by atoms with Crippen molar-refractivity contribution in [2.75, 3.05) is 46.8 Å². The Morgan fingerprint density at radius 1 is 1.35 bits per heavy atom. The summed E-state index contributed by atoms with van der Waals surface area (Å²) in [6.07, 6.45) is 2.49. The molecule has 0 radical (unpaired) electrons. The Balaban J connectivity index is 1.99. The van der Waals surface area contributed by atoms with E-state index < -0.39 is 0 Å². The van der Waals surface area contributed by atoms with E-state index in [1.54, 1.807) is 0 Å². The molecule has 2 N–H and O–H groups in total. The Labute approximate surface area is 104 Å². The highest BCUT2D eigenvalue weighted by Crippen LogP contribution is 2.26. The summed E-state index contributed by atoms with van der Waals surface area (Å²) in [5.41, 5.74) is 5.54. The van der Waals surface area contributed by atoms with Crippen LogP contribution in [0.1, 0.15) is 12.8 Å². The number of piperidine rings is 1. The molecule has 98 valence electrons. The van der Waals surface area contributed by atoms with Crippen LogP contribution < -0.4 is 5.73 Å². The maximum atomic E-state index is 12.0. The largest absolute Gasteiger partial charge is 0.329 e. The molecule has 17 heavy (non-hydrogen) atoms. The van der Waals surface area contributed by atoms with Crippen molar-refractivity contribution in [1.29, 1.82) is 0 Å². The predicted octanol–water partition coefficient (Wildman–Crippen LogP) is 0.0229. The number of hydrogen-bond acceptors (Lipinski definition) is 3. The summed E-state index contributed by atoms with van der Waals surface area (Å²) in [6.45, 7) is 4.39. The summed E-state index contributed by atoms with van der Waals surface area (Å²) in [5.74, 6) is 0.616. The number of nitrogens with two attached hydrogens (primary N) is 1. The first kappa shape index (κ1) is 12.6. The summed E-state index contributed by atoms with van der Waals surface area (Å²) in [7, 11) is 4.10. The lowest BCUT2D eigenvalue weighted by Crippen LogP contribution is -2.44. The van der Waals surface area contributed by atoms with Crippen molar-refractivity contribution in [1.82, 2.24) is 14.7 Å². The number of likely N-dealkylation sites (N-methyl/N-ethyl adjacent to an activating group) is 1. The average molecular weight is 240 g/mol. The lowest BCUT2D eigenvalue weighted by molar-refractivity contribution is 0.141. The SMILES string of the molecule is CN1CCCC(C2CN(CCN)C(=O)N2C)C1. The standard InChI is InChI=1S/C12H24N4O/c1-14-6-3-4-10(8-14)11-9-16(7-5-13)12(17)15(11)2/h10-11H,3-9,13H2,1-2H3. The third-order valence-electron chi connectivity index (χ3n) is 4.08. The first-order valence-electron chi connectivity index (χ1n) is 6.54. The van der Waals surface area contributed by atoms with Gasteiger partial charge in [0, 0.05) is 33.2 Å². The van der Waals surface area contributed by atoms with Crippen LogP contribution in [0.15, 0.2) is 0 Å². The van der Waals surface area contributed by atoms with Gasteiger partial charge in [0.05, 0.1) is 6.04 Å². The van der Waals surface area contributed by atoms with Crippen molar-refractivity contribution in [3.8, 4) is 0 Å². The molecule has 5 nitrogen and oxygen atoms in total. The van der Waals surface area contributed by atoms with Gasteiger partial charge in [0.2, 0.25) is 0 Å². The smallest absolute Gasteiger partial charge is 0.320 e. The molecule has 0 spiro atoms. The molecule has 2 atom stereocenters. The molecular weight excluding hydrogens is 216 g/mol. The lowest BCUT2D eigenvalue weighted by Gasteiger charge is -2.35. The van der Waals surface area contributed by atoms with E-state index in [-0.39, 0.29) is 6.03 Å². The lowest BCUT2D eigenvalue weighted by atomic mass is 9.90. The van der Waals surface area contributed by atoms with E-state index in [1.807, 2.05) is 16.8 Å². The van der Waals surface area contributed by atoms with Crippen LogP contribution in [-0.2, 0) is 0 Å². The van der Waals surface area contributed by atoms with Gasteiger partial charge in [-0.25, -0.2) is 4.79 Å². The van der Waals surface area contributed by atoms with Gasteiger partial charge in [-0.15, -0.1) is 0 Å². The summed E-state index contributed by atoms with van der Waals surface area (Å²) in [4.78, 5) is 18.2. The van der Waals surface area contributed by atoms with E-state index in [2.05, 4.69) is 11.9 Å². The molecule has 0 aliphatic carbocycles. The molecule has 2 aliphatic rings. The third kappa shape index (κ3) is 2.55. The van der Waals surface area contributed by atoms with E-state index in [0.717, 1.165) is 13.1 Å². The normalized spacial score (nSPS) is 31.4. The molecule has 0 saturated carbocycles. The van der Waals surface area contributed by atoms with Gasteiger partial charge < -0.3 is 20.4 Å². The number of rotatable bonds is 3. The van der Waals surface area contributed by atoms with Crippen molar-refractivity contribution in [2.45, 2.75) is 18.9 Å². The molecule has 2 amide bonds. The van der Waals surface area contributed by atoms with E-state index in [4.69, 9.17) is 5.73 Å². The Hall–Kier alpha value is -0.810. The fraction of sp³-hybridized carbons (Fsp3) is 0.917. The zero-order valence-electron chi connectivity index (χ0n) is 10.9. The van der Waals surface area contributed by atoms with Crippen LogP contribution in [0, 0.1) is 5.92 Å². The highest BCUT2D eigenvalue weighted by molar-refractivity contribution is 5.77. The zero-order chi connectivity index (χ0) is 12.4. The molecule has 2 saturated heterocycles. The maximum Gasteiger partial charge on any atom is 0.320 e. The predicted molar refractivity (Wildman–Crippen MR) is 67.8 cm³/mol. The summed E-state index contributed by atoms with van der Waals surface area (Å²) in [5, 5.41) is 0. The van der Waals surface area contributed by atoms with Crippen molar-refractivity contribution in [2.24, 2.45) is 11.7 Å². The number of urea groups is 1. The number of carbonyl (C=O) groups is 1. The van der Waals surface area contributed by atoms with Gasteiger partial charge in [0.25, 0.3) is 0 Å². The molecule has 2 unspecified atom stereocenters. The zero-order valence-corrected chi connectivity index (χ0v) is 10.9. The van der Waals surface area contributed by atoms with E-state index in [0.29, 0.717) is 25.0 Å². The average Bonchev–Trinajstić information content (AvgIpc) is 2.58. The van der Waals surface area contributed by atoms with Gasteiger partial charge >= 0.3 is 6.03 Å². The first-order valence-corrected chi connectivity index (χ1v) is 6.54. The Bertz CT molecular complexity index is 284. The van der Waals surface area contributed by atoms with Crippen LogP contribution in [0.4, 0.5) is 4.79 Å². The quantitative estimate of drug-likeness (QED) is 0.757. The first-order chi connectivity index (χ1) is 8.13. The second-order valence-corrected chi connectivity index (χ2v) is 5.36. The molecule has 2 rings (SSSR count). The van der Waals surface area contributed by atoms with Gasteiger partial charge in [-0.05, 0) is 32.4 Å². The summed E-state index contributed by atoms with van der Waals surface area (Å²) < 4.78 is 0.